The van der Waals surface area contributed by atoms with Gasteiger partial charge in [0.15, 0.2) is 0 Å². The number of rotatable bonds is 13. The summed E-state index contributed by atoms with van der Waals surface area (Å²) >= 11 is 24.1. The smallest absolute Gasteiger partial charge is 0.224 e. The third kappa shape index (κ3) is 9.30. The quantitative estimate of drug-likeness (QED) is 0.142. The van der Waals surface area contributed by atoms with Gasteiger partial charge in [0.05, 0.1) is 23.3 Å². The summed E-state index contributed by atoms with van der Waals surface area (Å²) in [5, 5.41) is 7.86. The van der Waals surface area contributed by atoms with Crippen molar-refractivity contribution in [3.8, 4) is 22.6 Å². The first-order chi connectivity index (χ1) is 20.3. The molecule has 0 radical (unpaired) electrons. The van der Waals surface area contributed by atoms with Crippen LogP contribution in [-0.2, 0) is 9.59 Å². The monoisotopic (exact) mass is 644 g/mol. The van der Waals surface area contributed by atoms with Crippen LogP contribution in [0.15, 0.2) is 84.9 Å². The second-order valence-corrected chi connectivity index (χ2v) is 10.9. The van der Waals surface area contributed by atoms with Gasteiger partial charge in [-0.25, -0.2) is 0 Å². The minimum Gasteiger partial charge on any atom is -0.492 e. The Morgan fingerprint density at radius 3 is 1.38 bits per heavy atom. The molecular weight excluding hydrogens is 618 g/mol. The van der Waals surface area contributed by atoms with Crippen LogP contribution in [0.5, 0.6) is 11.5 Å². The maximum atomic E-state index is 12.8. The Kier molecular flexibility index (Phi) is 11.8. The standard InChI is InChI=1S/C32H28Cl4N2O4/c33-21-13-15-29(25(35)19-21)41-17-5-11-31(39)37-27-9-3-1-7-23(27)24-8-2-4-10-28(24)38-32(40)12-6-18-42-30-16-14-22(34)20-26(30)36/h1-4,7-10,13-16,19-20H,5-6,11-12,17-18H2,(H,37,39)(H,38,40). The summed E-state index contributed by atoms with van der Waals surface area (Å²) in [6.07, 6.45) is 1.49. The van der Waals surface area contributed by atoms with E-state index in [2.05, 4.69) is 10.6 Å². The molecule has 10 heteroatoms. The molecule has 0 saturated heterocycles. The highest BCUT2D eigenvalue weighted by Crippen LogP contribution is 2.34. The van der Waals surface area contributed by atoms with E-state index in [9.17, 15) is 9.59 Å². The van der Waals surface area contributed by atoms with Gasteiger partial charge >= 0.3 is 0 Å². The number of benzene rings is 4. The molecule has 6 nitrogen and oxygen atoms in total. The molecule has 4 aromatic rings. The number of nitrogens with one attached hydrogen (secondary N) is 2. The number of para-hydroxylation sites is 2. The average Bonchev–Trinajstić information content (AvgIpc) is 2.96. The van der Waals surface area contributed by atoms with E-state index in [-0.39, 0.29) is 24.7 Å². The molecule has 4 aromatic carbocycles. The van der Waals surface area contributed by atoms with Gasteiger partial charge in [0.1, 0.15) is 11.5 Å². The van der Waals surface area contributed by atoms with Crippen molar-refractivity contribution in [2.24, 2.45) is 0 Å². The lowest BCUT2D eigenvalue weighted by Crippen LogP contribution is -2.15. The van der Waals surface area contributed by atoms with Crippen LogP contribution in [0.25, 0.3) is 11.1 Å². The van der Waals surface area contributed by atoms with E-state index in [1.165, 1.54) is 0 Å². The van der Waals surface area contributed by atoms with Gasteiger partial charge in [0, 0.05) is 45.4 Å². The lowest BCUT2D eigenvalue weighted by molar-refractivity contribution is -0.117. The van der Waals surface area contributed by atoms with Gasteiger partial charge in [0.25, 0.3) is 0 Å². The lowest BCUT2D eigenvalue weighted by Gasteiger charge is -2.16. The number of carbonyl (C=O) groups is 2. The molecular formula is C32H28Cl4N2O4. The van der Waals surface area contributed by atoms with Crippen LogP contribution in [0, 0.1) is 0 Å². The van der Waals surface area contributed by atoms with Crippen LogP contribution in [0.3, 0.4) is 0 Å². The fourth-order valence-electron chi connectivity index (χ4n) is 4.09. The van der Waals surface area contributed by atoms with E-state index in [0.29, 0.717) is 69.0 Å². The average molecular weight is 646 g/mol. The van der Waals surface area contributed by atoms with E-state index >= 15 is 0 Å². The van der Waals surface area contributed by atoms with Crippen molar-refractivity contribution in [3.05, 3.63) is 105 Å². The number of ether oxygens (including phenoxy) is 2. The molecule has 4 rings (SSSR count). The van der Waals surface area contributed by atoms with E-state index in [1.807, 2.05) is 48.5 Å². The Morgan fingerprint density at radius 1 is 0.571 bits per heavy atom. The van der Waals surface area contributed by atoms with Crippen molar-refractivity contribution in [2.75, 3.05) is 23.8 Å². The zero-order chi connectivity index (χ0) is 29.9. The molecule has 0 aliphatic carbocycles. The summed E-state index contributed by atoms with van der Waals surface area (Å²) in [7, 11) is 0. The highest BCUT2D eigenvalue weighted by atomic mass is 35.5. The molecule has 0 unspecified atom stereocenters. The maximum absolute atomic E-state index is 12.8. The van der Waals surface area contributed by atoms with E-state index in [1.54, 1.807) is 36.4 Å². The van der Waals surface area contributed by atoms with Crippen LogP contribution in [0.4, 0.5) is 11.4 Å². The van der Waals surface area contributed by atoms with Crippen LogP contribution in [0.2, 0.25) is 20.1 Å². The minimum atomic E-state index is -0.157. The van der Waals surface area contributed by atoms with Crippen molar-refractivity contribution in [3.63, 3.8) is 0 Å². The van der Waals surface area contributed by atoms with Crippen LogP contribution in [-0.4, -0.2) is 25.0 Å². The van der Waals surface area contributed by atoms with Crippen molar-refractivity contribution < 1.29 is 19.1 Å². The Balaban J connectivity index is 1.31. The molecule has 218 valence electrons. The van der Waals surface area contributed by atoms with E-state index in [0.717, 1.165) is 11.1 Å². The zero-order valence-electron chi connectivity index (χ0n) is 22.5. The summed E-state index contributed by atoms with van der Waals surface area (Å²) in [6.45, 7) is 0.645. The fourth-order valence-corrected chi connectivity index (χ4v) is 5.02. The van der Waals surface area contributed by atoms with Gasteiger partial charge in [-0.1, -0.05) is 82.8 Å². The van der Waals surface area contributed by atoms with Crippen LogP contribution in [0.1, 0.15) is 25.7 Å². The molecule has 0 atom stereocenters. The van der Waals surface area contributed by atoms with Gasteiger partial charge in [-0.15, -0.1) is 0 Å². The molecule has 0 spiro atoms. The summed E-state index contributed by atoms with van der Waals surface area (Å²) < 4.78 is 11.4. The van der Waals surface area contributed by atoms with Crippen molar-refractivity contribution in [1.29, 1.82) is 0 Å². The van der Waals surface area contributed by atoms with Gasteiger partial charge in [0.2, 0.25) is 11.8 Å². The normalized spacial score (nSPS) is 10.7. The maximum Gasteiger partial charge on any atom is 0.224 e. The third-order valence-electron chi connectivity index (χ3n) is 6.09. The highest BCUT2D eigenvalue weighted by molar-refractivity contribution is 6.36. The highest BCUT2D eigenvalue weighted by Gasteiger charge is 2.14. The third-order valence-corrected chi connectivity index (χ3v) is 7.15. The predicted molar refractivity (Wildman–Crippen MR) is 172 cm³/mol. The molecule has 42 heavy (non-hydrogen) atoms. The van der Waals surface area contributed by atoms with Crippen LogP contribution < -0.4 is 20.1 Å². The van der Waals surface area contributed by atoms with Crippen molar-refractivity contribution >= 4 is 69.6 Å². The van der Waals surface area contributed by atoms with Crippen LogP contribution >= 0.6 is 46.4 Å². The first kappa shape index (κ1) is 31.5. The van der Waals surface area contributed by atoms with E-state index in [4.69, 9.17) is 55.9 Å². The predicted octanol–water partition coefficient (Wildman–Crippen LogP) is 9.56. The second-order valence-electron chi connectivity index (χ2n) is 9.24. The molecule has 0 aliphatic heterocycles. The first-order valence-electron chi connectivity index (χ1n) is 13.2. The topological polar surface area (TPSA) is 76.7 Å². The Hall–Kier alpha value is -3.42. The van der Waals surface area contributed by atoms with Crippen molar-refractivity contribution in [1.82, 2.24) is 0 Å². The summed E-state index contributed by atoms with van der Waals surface area (Å²) in [5.41, 5.74) is 2.84. The van der Waals surface area contributed by atoms with Crippen molar-refractivity contribution in [2.45, 2.75) is 25.7 Å². The van der Waals surface area contributed by atoms with Gasteiger partial charge in [-0.3, -0.25) is 9.59 Å². The zero-order valence-corrected chi connectivity index (χ0v) is 25.5. The minimum absolute atomic E-state index is 0.157. The molecule has 0 heterocycles. The van der Waals surface area contributed by atoms with Gasteiger partial charge in [-0.05, 0) is 61.4 Å². The largest absolute Gasteiger partial charge is 0.492 e. The van der Waals surface area contributed by atoms with Gasteiger partial charge in [-0.2, -0.15) is 0 Å². The molecule has 0 aliphatic rings. The Labute approximate surface area is 264 Å². The lowest BCUT2D eigenvalue weighted by atomic mass is 10.0. The molecule has 2 N–H and O–H groups in total. The molecule has 0 saturated carbocycles. The van der Waals surface area contributed by atoms with Gasteiger partial charge < -0.3 is 20.1 Å². The number of hydrogen-bond acceptors (Lipinski definition) is 4. The number of carbonyl (C=O) groups excluding carboxylic acids is 2. The molecule has 0 fully saturated rings. The Bertz CT molecular complexity index is 1430. The Morgan fingerprint density at radius 2 is 0.976 bits per heavy atom. The number of amides is 2. The first-order valence-corrected chi connectivity index (χ1v) is 14.7. The summed E-state index contributed by atoms with van der Waals surface area (Å²) in [4.78, 5) is 25.5. The molecule has 2 amide bonds. The fraction of sp³-hybridized carbons (Fsp3) is 0.188. The second kappa shape index (κ2) is 15.7. The number of anilines is 2. The summed E-state index contributed by atoms with van der Waals surface area (Å²) in [6, 6.07) is 24.9. The molecule has 0 bridgehead atoms. The summed E-state index contributed by atoms with van der Waals surface area (Å²) in [5.74, 6) is 0.721. The number of hydrogen-bond donors (Lipinski definition) is 2. The van der Waals surface area contributed by atoms with E-state index < -0.39 is 0 Å². The molecule has 0 aromatic heterocycles. The SMILES string of the molecule is O=C(CCCOc1ccc(Cl)cc1Cl)Nc1ccccc1-c1ccccc1NC(=O)CCCOc1ccc(Cl)cc1Cl. The number of halogens is 4.